The van der Waals surface area contributed by atoms with Gasteiger partial charge in [0.2, 0.25) is 11.8 Å². The maximum absolute atomic E-state index is 11.6. The lowest BCUT2D eigenvalue weighted by Gasteiger charge is -2.32. The van der Waals surface area contributed by atoms with E-state index in [4.69, 9.17) is 0 Å². The quantitative estimate of drug-likeness (QED) is 0.775. The van der Waals surface area contributed by atoms with Crippen LogP contribution in [0.4, 0.5) is 0 Å². The van der Waals surface area contributed by atoms with Crippen molar-refractivity contribution in [3.63, 3.8) is 0 Å². The molecule has 6 nitrogen and oxygen atoms in total. The van der Waals surface area contributed by atoms with Crippen LogP contribution < -0.4 is 5.32 Å². The second-order valence-electron chi connectivity index (χ2n) is 4.13. The Kier molecular flexibility index (Phi) is 3.41. The van der Waals surface area contributed by atoms with Crippen molar-refractivity contribution < 1.29 is 9.59 Å². The second-order valence-corrected chi connectivity index (χ2v) is 4.13. The van der Waals surface area contributed by atoms with Gasteiger partial charge in [-0.25, -0.2) is 4.98 Å². The Bertz CT molecular complexity index is 402. The highest BCUT2D eigenvalue weighted by atomic mass is 16.2. The number of hydrogen-bond acceptors (Lipinski definition) is 3. The average Bonchev–Trinajstić information content (AvgIpc) is 2.81. The Labute approximate surface area is 99.6 Å². The highest BCUT2D eigenvalue weighted by molar-refractivity contribution is 5.94. The molecular formula is C11H16N4O2. The number of aromatic nitrogens is 2. The van der Waals surface area contributed by atoms with Gasteiger partial charge < -0.3 is 14.8 Å². The number of nitrogens with one attached hydrogen (secondary N) is 1. The van der Waals surface area contributed by atoms with E-state index in [1.54, 1.807) is 24.3 Å². The van der Waals surface area contributed by atoms with Crippen molar-refractivity contribution in [1.29, 1.82) is 0 Å². The number of imidazole rings is 1. The summed E-state index contributed by atoms with van der Waals surface area (Å²) in [6.45, 7) is 3.28. The van der Waals surface area contributed by atoms with E-state index in [0.29, 0.717) is 6.54 Å². The molecule has 2 heterocycles. The lowest BCUT2D eigenvalue weighted by Crippen LogP contribution is -2.57. The molecule has 1 aromatic rings. The van der Waals surface area contributed by atoms with E-state index in [-0.39, 0.29) is 24.4 Å². The number of nitrogens with zero attached hydrogens (tertiary/aromatic N) is 3. The van der Waals surface area contributed by atoms with Crippen molar-refractivity contribution in [3.05, 3.63) is 18.7 Å². The summed E-state index contributed by atoms with van der Waals surface area (Å²) in [6, 6.07) is -0.362. The van der Waals surface area contributed by atoms with Gasteiger partial charge in [-0.05, 0) is 13.3 Å². The number of rotatable bonds is 4. The zero-order valence-corrected chi connectivity index (χ0v) is 9.80. The van der Waals surface area contributed by atoms with Gasteiger partial charge in [0, 0.05) is 25.5 Å². The minimum absolute atomic E-state index is 0.0114. The molecule has 0 saturated carbocycles. The van der Waals surface area contributed by atoms with Crippen molar-refractivity contribution in [3.8, 4) is 0 Å². The SMILES string of the molecule is CC1C(=O)NCC(=O)N1CCCn1ccnc1. The molecule has 17 heavy (non-hydrogen) atoms. The fourth-order valence-corrected chi connectivity index (χ4v) is 1.93. The third-order valence-corrected chi connectivity index (χ3v) is 2.96. The van der Waals surface area contributed by atoms with E-state index in [2.05, 4.69) is 10.3 Å². The smallest absolute Gasteiger partial charge is 0.242 e. The van der Waals surface area contributed by atoms with E-state index >= 15 is 0 Å². The number of carbonyl (C=O) groups is 2. The van der Waals surface area contributed by atoms with Crippen LogP contribution in [0.15, 0.2) is 18.7 Å². The van der Waals surface area contributed by atoms with Crippen LogP contribution >= 0.6 is 0 Å². The first-order valence-electron chi connectivity index (χ1n) is 5.71. The largest absolute Gasteiger partial charge is 0.345 e. The van der Waals surface area contributed by atoms with Gasteiger partial charge in [-0.2, -0.15) is 0 Å². The molecular weight excluding hydrogens is 220 g/mol. The minimum atomic E-state index is -0.362. The molecule has 1 atom stereocenters. The number of hydrogen-bond donors (Lipinski definition) is 1. The van der Waals surface area contributed by atoms with E-state index in [1.165, 1.54) is 0 Å². The molecule has 0 radical (unpaired) electrons. The van der Waals surface area contributed by atoms with Crippen molar-refractivity contribution in [2.24, 2.45) is 0 Å². The highest BCUT2D eigenvalue weighted by Gasteiger charge is 2.30. The predicted molar refractivity (Wildman–Crippen MR) is 61.0 cm³/mol. The zero-order valence-electron chi connectivity index (χ0n) is 9.80. The summed E-state index contributed by atoms with van der Waals surface area (Å²) in [6.07, 6.45) is 6.17. The number of amides is 2. The molecule has 92 valence electrons. The Morgan fingerprint density at radius 1 is 1.47 bits per heavy atom. The summed E-state index contributed by atoms with van der Waals surface area (Å²) in [5, 5.41) is 2.57. The second kappa shape index (κ2) is 4.99. The van der Waals surface area contributed by atoms with Crippen molar-refractivity contribution in [1.82, 2.24) is 19.8 Å². The highest BCUT2D eigenvalue weighted by Crippen LogP contribution is 2.06. The van der Waals surface area contributed by atoms with Crippen molar-refractivity contribution >= 4 is 11.8 Å². The van der Waals surface area contributed by atoms with Crippen LogP contribution in [0.1, 0.15) is 13.3 Å². The Hall–Kier alpha value is -1.85. The molecule has 2 rings (SSSR count). The fourth-order valence-electron chi connectivity index (χ4n) is 1.93. The Balaban J connectivity index is 1.84. The van der Waals surface area contributed by atoms with Gasteiger partial charge in [-0.3, -0.25) is 9.59 Å². The average molecular weight is 236 g/mol. The van der Waals surface area contributed by atoms with Crippen molar-refractivity contribution in [2.75, 3.05) is 13.1 Å². The van der Waals surface area contributed by atoms with Gasteiger partial charge in [0.05, 0.1) is 12.9 Å². The zero-order chi connectivity index (χ0) is 12.3. The van der Waals surface area contributed by atoms with E-state index in [0.717, 1.165) is 13.0 Å². The minimum Gasteiger partial charge on any atom is -0.345 e. The maximum Gasteiger partial charge on any atom is 0.242 e. The van der Waals surface area contributed by atoms with E-state index < -0.39 is 0 Å². The normalized spacial score (nSPS) is 20.5. The van der Waals surface area contributed by atoms with Gasteiger partial charge in [-0.15, -0.1) is 0 Å². The molecule has 1 aliphatic rings. The Morgan fingerprint density at radius 2 is 2.29 bits per heavy atom. The lowest BCUT2D eigenvalue weighted by atomic mass is 10.2. The summed E-state index contributed by atoms with van der Waals surface area (Å²) in [7, 11) is 0. The summed E-state index contributed by atoms with van der Waals surface area (Å²) in [4.78, 5) is 28.6. The van der Waals surface area contributed by atoms with Gasteiger partial charge in [0.15, 0.2) is 0 Å². The van der Waals surface area contributed by atoms with Crippen LogP contribution in [-0.4, -0.2) is 45.4 Å². The first-order valence-corrected chi connectivity index (χ1v) is 5.71. The van der Waals surface area contributed by atoms with Gasteiger partial charge in [0.25, 0.3) is 0 Å². The molecule has 1 unspecified atom stereocenters. The predicted octanol–water partition coefficient (Wildman–Crippen LogP) is -0.380. The molecule has 1 aliphatic heterocycles. The van der Waals surface area contributed by atoms with Crippen LogP contribution in [0.25, 0.3) is 0 Å². The van der Waals surface area contributed by atoms with Crippen LogP contribution in [0, 0.1) is 0 Å². The molecule has 0 aromatic carbocycles. The molecule has 1 aromatic heterocycles. The van der Waals surface area contributed by atoms with Crippen LogP contribution in [-0.2, 0) is 16.1 Å². The molecule has 2 amide bonds. The van der Waals surface area contributed by atoms with Gasteiger partial charge in [0.1, 0.15) is 6.04 Å². The topological polar surface area (TPSA) is 67.2 Å². The summed E-state index contributed by atoms with van der Waals surface area (Å²) in [5.74, 6) is -0.0880. The summed E-state index contributed by atoms with van der Waals surface area (Å²) in [5.41, 5.74) is 0. The van der Waals surface area contributed by atoms with E-state index in [1.807, 2.05) is 10.8 Å². The molecule has 1 fully saturated rings. The molecule has 1 saturated heterocycles. The third kappa shape index (κ3) is 2.64. The Morgan fingerprint density at radius 3 is 3.00 bits per heavy atom. The summed E-state index contributed by atoms with van der Waals surface area (Å²) >= 11 is 0. The number of aryl methyl sites for hydroxylation is 1. The first kappa shape index (κ1) is 11.6. The number of carbonyl (C=O) groups excluding carboxylic acids is 2. The number of piperazine rings is 1. The van der Waals surface area contributed by atoms with Gasteiger partial charge >= 0.3 is 0 Å². The summed E-state index contributed by atoms with van der Waals surface area (Å²) < 4.78 is 1.96. The monoisotopic (exact) mass is 236 g/mol. The van der Waals surface area contributed by atoms with Crippen LogP contribution in [0.3, 0.4) is 0 Å². The fraction of sp³-hybridized carbons (Fsp3) is 0.545. The van der Waals surface area contributed by atoms with E-state index in [9.17, 15) is 9.59 Å². The van der Waals surface area contributed by atoms with Crippen LogP contribution in [0.2, 0.25) is 0 Å². The molecule has 0 bridgehead atoms. The first-order chi connectivity index (χ1) is 8.18. The molecule has 0 aliphatic carbocycles. The lowest BCUT2D eigenvalue weighted by molar-refractivity contribution is -0.144. The third-order valence-electron chi connectivity index (χ3n) is 2.96. The van der Waals surface area contributed by atoms with Crippen molar-refractivity contribution in [2.45, 2.75) is 25.9 Å². The maximum atomic E-state index is 11.6. The standard InChI is InChI=1S/C11H16N4O2/c1-9-11(17)13-7-10(16)15(9)5-2-4-14-6-3-12-8-14/h3,6,8-9H,2,4-5,7H2,1H3,(H,13,17). The van der Waals surface area contributed by atoms with Crippen LogP contribution in [0.5, 0.6) is 0 Å². The molecule has 6 heteroatoms. The molecule has 0 spiro atoms. The molecule has 1 N–H and O–H groups in total. The van der Waals surface area contributed by atoms with Gasteiger partial charge in [-0.1, -0.05) is 0 Å².